The van der Waals surface area contributed by atoms with E-state index in [0.717, 1.165) is 55.7 Å². The van der Waals surface area contributed by atoms with Crippen LogP contribution in [0.1, 0.15) is 0 Å². The molecule has 4 heteroatoms. The van der Waals surface area contributed by atoms with Gasteiger partial charge in [-0.1, -0.05) is 164 Å². The van der Waals surface area contributed by atoms with E-state index in [4.69, 9.17) is 15.0 Å². The number of hydrogen-bond acceptors (Lipinski definition) is 3. The van der Waals surface area contributed by atoms with Crippen molar-refractivity contribution in [2.45, 2.75) is 0 Å². The number of benzene rings is 8. The summed E-state index contributed by atoms with van der Waals surface area (Å²) >= 11 is 0. The lowest BCUT2D eigenvalue weighted by atomic mass is 9.98. The Balaban J connectivity index is 1.22. The summed E-state index contributed by atoms with van der Waals surface area (Å²) in [7, 11) is 0. The number of nitrogens with zero attached hydrogens (tertiary/aromatic N) is 4. The molecule has 2 aromatic heterocycles. The molecule has 0 radical (unpaired) electrons. The molecule has 0 fully saturated rings. The molecule has 0 unspecified atom stereocenters. The summed E-state index contributed by atoms with van der Waals surface area (Å²) in [4.78, 5) is 15.4. The SMILES string of the molecule is c1ccc(-c2cccc(-c3nc(-c4ccccc4)nc(-c4ccc(-c5ccc6ccccc6c5)c(-n5c6ccccc6c6ccccc65)c4)n3)c2)cc1. The van der Waals surface area contributed by atoms with Crippen LogP contribution in [0.15, 0.2) is 194 Å². The number of fused-ring (bicyclic) bond motifs is 4. The fourth-order valence-corrected chi connectivity index (χ4v) is 7.46. The van der Waals surface area contributed by atoms with E-state index >= 15 is 0 Å². The Morgan fingerprint density at radius 1 is 0.302 bits per heavy atom. The van der Waals surface area contributed by atoms with Crippen molar-refractivity contribution in [3.8, 4) is 62.1 Å². The van der Waals surface area contributed by atoms with E-state index in [2.05, 4.69) is 174 Å². The maximum Gasteiger partial charge on any atom is 0.164 e. The quantitative estimate of drug-likeness (QED) is 0.176. The molecule has 0 aliphatic heterocycles. The second kappa shape index (κ2) is 12.9. The van der Waals surface area contributed by atoms with E-state index < -0.39 is 0 Å². The molecule has 0 atom stereocenters. The van der Waals surface area contributed by atoms with Gasteiger partial charge in [0.1, 0.15) is 0 Å². The first-order valence-electron chi connectivity index (χ1n) is 17.9. The molecule has 2 heterocycles. The van der Waals surface area contributed by atoms with Gasteiger partial charge >= 0.3 is 0 Å². The molecule has 0 aliphatic rings. The van der Waals surface area contributed by atoms with Gasteiger partial charge < -0.3 is 4.57 Å². The van der Waals surface area contributed by atoms with Crippen LogP contribution in [0, 0.1) is 0 Å². The van der Waals surface area contributed by atoms with E-state index in [1.165, 1.54) is 21.5 Å². The summed E-state index contributed by atoms with van der Waals surface area (Å²) in [6.07, 6.45) is 0. The van der Waals surface area contributed by atoms with Crippen LogP contribution in [-0.2, 0) is 0 Å². The fraction of sp³-hybridized carbons (Fsp3) is 0. The lowest BCUT2D eigenvalue weighted by Crippen LogP contribution is -2.02. The molecule has 53 heavy (non-hydrogen) atoms. The summed E-state index contributed by atoms with van der Waals surface area (Å²) in [6, 6.07) is 68.2. The van der Waals surface area contributed by atoms with Crippen molar-refractivity contribution in [2.24, 2.45) is 0 Å². The molecule has 248 valence electrons. The molecule has 10 aromatic rings. The minimum atomic E-state index is 0.617. The molecular formula is C49H32N4. The highest BCUT2D eigenvalue weighted by Gasteiger charge is 2.19. The summed E-state index contributed by atoms with van der Waals surface area (Å²) in [5.74, 6) is 1.88. The van der Waals surface area contributed by atoms with Gasteiger partial charge in [0.15, 0.2) is 17.5 Å². The average molecular weight is 677 g/mol. The van der Waals surface area contributed by atoms with E-state index in [9.17, 15) is 0 Å². The highest BCUT2D eigenvalue weighted by atomic mass is 15.0. The molecule has 0 spiro atoms. The van der Waals surface area contributed by atoms with E-state index in [1.807, 2.05) is 24.3 Å². The van der Waals surface area contributed by atoms with E-state index in [0.29, 0.717) is 17.5 Å². The molecule has 0 saturated heterocycles. The van der Waals surface area contributed by atoms with Crippen molar-refractivity contribution in [1.29, 1.82) is 0 Å². The zero-order chi connectivity index (χ0) is 35.1. The predicted molar refractivity (Wildman–Crippen MR) is 219 cm³/mol. The summed E-state index contributed by atoms with van der Waals surface area (Å²) in [5, 5.41) is 4.85. The van der Waals surface area contributed by atoms with Crippen molar-refractivity contribution in [2.75, 3.05) is 0 Å². The van der Waals surface area contributed by atoms with Gasteiger partial charge in [0, 0.05) is 33.0 Å². The lowest BCUT2D eigenvalue weighted by molar-refractivity contribution is 1.07. The Hall–Kier alpha value is -7.17. The summed E-state index contributed by atoms with van der Waals surface area (Å²) < 4.78 is 2.39. The highest BCUT2D eigenvalue weighted by Crippen LogP contribution is 2.39. The first-order chi connectivity index (χ1) is 26.3. The van der Waals surface area contributed by atoms with Gasteiger partial charge in [-0.05, 0) is 57.8 Å². The van der Waals surface area contributed by atoms with Crippen molar-refractivity contribution < 1.29 is 0 Å². The molecule has 8 aromatic carbocycles. The molecule has 4 nitrogen and oxygen atoms in total. The zero-order valence-electron chi connectivity index (χ0n) is 28.8. The van der Waals surface area contributed by atoms with Crippen molar-refractivity contribution in [1.82, 2.24) is 19.5 Å². The molecule has 0 saturated carbocycles. The van der Waals surface area contributed by atoms with Gasteiger partial charge in [0.25, 0.3) is 0 Å². The molecule has 0 bridgehead atoms. The summed E-state index contributed by atoms with van der Waals surface area (Å²) in [5.41, 5.74) is 10.7. The third kappa shape index (κ3) is 5.54. The van der Waals surface area contributed by atoms with Crippen LogP contribution in [0.5, 0.6) is 0 Å². The standard InChI is InChI=1S/C49H32N4/c1-3-14-33(15-4-1)37-20-13-21-39(31-37)48-50-47(35-17-5-2-6-18-35)51-49(52-48)40-28-29-41(38-27-26-34-16-7-8-19-36(34)30-38)46(32-40)53-44-24-11-9-22-42(44)43-23-10-12-25-45(43)53/h1-32H. The normalized spacial score (nSPS) is 11.4. The largest absolute Gasteiger partial charge is 0.309 e. The van der Waals surface area contributed by atoms with Gasteiger partial charge in [-0.3, -0.25) is 0 Å². The maximum atomic E-state index is 5.19. The number of para-hydroxylation sites is 2. The van der Waals surface area contributed by atoms with Crippen LogP contribution in [0.4, 0.5) is 0 Å². The number of hydrogen-bond donors (Lipinski definition) is 0. The van der Waals surface area contributed by atoms with Crippen LogP contribution in [0.3, 0.4) is 0 Å². The molecule has 0 N–H and O–H groups in total. The fourth-order valence-electron chi connectivity index (χ4n) is 7.46. The predicted octanol–water partition coefficient (Wildman–Crippen LogP) is 12.5. The Kier molecular flexibility index (Phi) is 7.43. The minimum absolute atomic E-state index is 0.617. The van der Waals surface area contributed by atoms with Gasteiger partial charge in [-0.25, -0.2) is 15.0 Å². The second-order valence-corrected chi connectivity index (χ2v) is 13.3. The molecule has 0 aliphatic carbocycles. The van der Waals surface area contributed by atoms with Crippen molar-refractivity contribution in [3.05, 3.63) is 194 Å². The van der Waals surface area contributed by atoms with Crippen LogP contribution in [0.2, 0.25) is 0 Å². The van der Waals surface area contributed by atoms with Crippen LogP contribution in [-0.4, -0.2) is 19.5 Å². The first kappa shape index (κ1) is 30.6. The van der Waals surface area contributed by atoms with Crippen molar-refractivity contribution >= 4 is 32.6 Å². The number of aromatic nitrogens is 4. The van der Waals surface area contributed by atoms with Gasteiger partial charge in [-0.15, -0.1) is 0 Å². The molecule has 10 rings (SSSR count). The lowest BCUT2D eigenvalue weighted by Gasteiger charge is -2.17. The van der Waals surface area contributed by atoms with Crippen molar-refractivity contribution in [3.63, 3.8) is 0 Å². The minimum Gasteiger partial charge on any atom is -0.309 e. The highest BCUT2D eigenvalue weighted by molar-refractivity contribution is 6.10. The van der Waals surface area contributed by atoms with Crippen LogP contribution in [0.25, 0.3) is 94.7 Å². The zero-order valence-corrected chi connectivity index (χ0v) is 28.8. The third-order valence-electron chi connectivity index (χ3n) is 10.0. The Morgan fingerprint density at radius 2 is 0.811 bits per heavy atom. The van der Waals surface area contributed by atoms with Gasteiger partial charge in [0.05, 0.1) is 16.7 Å². The van der Waals surface area contributed by atoms with Crippen LogP contribution < -0.4 is 0 Å². The third-order valence-corrected chi connectivity index (χ3v) is 10.0. The molecule has 0 amide bonds. The second-order valence-electron chi connectivity index (χ2n) is 13.3. The smallest absolute Gasteiger partial charge is 0.164 e. The first-order valence-corrected chi connectivity index (χ1v) is 17.9. The summed E-state index contributed by atoms with van der Waals surface area (Å²) in [6.45, 7) is 0. The topological polar surface area (TPSA) is 43.6 Å². The Morgan fingerprint density at radius 3 is 1.51 bits per heavy atom. The Bertz CT molecular complexity index is 2890. The Labute approximate surface area is 307 Å². The molecular weight excluding hydrogens is 645 g/mol. The van der Waals surface area contributed by atoms with Gasteiger partial charge in [-0.2, -0.15) is 0 Å². The average Bonchev–Trinajstić information content (AvgIpc) is 3.58. The monoisotopic (exact) mass is 676 g/mol. The number of rotatable bonds is 6. The maximum absolute atomic E-state index is 5.19. The van der Waals surface area contributed by atoms with Gasteiger partial charge in [0.2, 0.25) is 0 Å². The van der Waals surface area contributed by atoms with Crippen LogP contribution >= 0.6 is 0 Å². The van der Waals surface area contributed by atoms with E-state index in [-0.39, 0.29) is 0 Å². The van der Waals surface area contributed by atoms with E-state index in [1.54, 1.807) is 0 Å².